The van der Waals surface area contributed by atoms with Crippen molar-refractivity contribution in [3.63, 3.8) is 0 Å². The van der Waals surface area contributed by atoms with E-state index in [2.05, 4.69) is 29.7 Å². The van der Waals surface area contributed by atoms with Gasteiger partial charge in [-0.15, -0.1) is 0 Å². The zero-order valence-corrected chi connectivity index (χ0v) is 16.2. The predicted octanol–water partition coefficient (Wildman–Crippen LogP) is 3.75. The summed E-state index contributed by atoms with van der Waals surface area (Å²) in [5.41, 5.74) is -0.0905. The SMILES string of the molecule is C=CC(=O)CC#Cc1ccc(OC(=O)c2ccc(OCOC(=O)C=C)c(F)c2F)cc1. The molecule has 0 aliphatic heterocycles. The quantitative estimate of drug-likeness (QED) is 0.210. The molecule has 2 aromatic carbocycles. The molecule has 0 heterocycles. The van der Waals surface area contributed by atoms with Crippen molar-refractivity contribution in [2.45, 2.75) is 6.42 Å². The van der Waals surface area contributed by atoms with Crippen molar-refractivity contribution in [3.05, 3.63) is 84.5 Å². The Balaban J connectivity index is 2.04. The highest BCUT2D eigenvalue weighted by molar-refractivity contribution is 5.92. The number of allylic oxidation sites excluding steroid dienone is 1. The number of ketones is 1. The lowest BCUT2D eigenvalue weighted by Gasteiger charge is -2.10. The molecule has 0 N–H and O–H groups in total. The average molecular weight is 426 g/mol. The summed E-state index contributed by atoms with van der Waals surface area (Å²) in [5.74, 6) is -0.112. The fourth-order valence-corrected chi connectivity index (χ4v) is 2.08. The number of carbonyl (C=O) groups excluding carboxylic acids is 3. The Kier molecular flexibility index (Phi) is 8.22. The van der Waals surface area contributed by atoms with Gasteiger partial charge >= 0.3 is 11.9 Å². The molecule has 0 amide bonds. The highest BCUT2D eigenvalue weighted by Gasteiger charge is 2.21. The summed E-state index contributed by atoms with van der Waals surface area (Å²) in [6.07, 6.45) is 2.08. The Hall–Kier alpha value is -4.25. The standard InChI is InChI=1S/C23H16F2O6/c1-3-16(26)7-5-6-15-8-10-17(11-9-15)31-23(28)18-12-13-19(22(25)21(18)24)29-14-30-20(27)4-2/h3-4,8-13H,1-2,7,14H2. The summed E-state index contributed by atoms with van der Waals surface area (Å²) in [4.78, 5) is 34.2. The first kappa shape index (κ1) is 23.0. The van der Waals surface area contributed by atoms with Gasteiger partial charge in [0.1, 0.15) is 5.75 Å². The van der Waals surface area contributed by atoms with Crippen LogP contribution in [0.25, 0.3) is 0 Å². The molecule has 0 atom stereocenters. The number of esters is 2. The number of hydrogen-bond donors (Lipinski definition) is 0. The first-order valence-corrected chi connectivity index (χ1v) is 8.72. The third-order valence-corrected chi connectivity index (χ3v) is 3.64. The van der Waals surface area contributed by atoms with Gasteiger partial charge in [-0.25, -0.2) is 14.0 Å². The van der Waals surface area contributed by atoms with Gasteiger partial charge in [0.2, 0.25) is 12.6 Å². The molecule has 0 bridgehead atoms. The summed E-state index contributed by atoms with van der Waals surface area (Å²) < 4.78 is 42.7. The first-order valence-electron chi connectivity index (χ1n) is 8.72. The number of hydrogen-bond acceptors (Lipinski definition) is 6. The van der Waals surface area contributed by atoms with Crippen LogP contribution in [0.5, 0.6) is 11.5 Å². The van der Waals surface area contributed by atoms with Crippen LogP contribution in [0.15, 0.2) is 61.7 Å². The third-order valence-electron chi connectivity index (χ3n) is 3.64. The second-order valence-electron chi connectivity index (χ2n) is 5.73. The molecular weight excluding hydrogens is 410 g/mol. The first-order chi connectivity index (χ1) is 14.8. The smallest absolute Gasteiger partial charge is 0.346 e. The molecular formula is C23H16F2O6. The van der Waals surface area contributed by atoms with E-state index in [0.29, 0.717) is 5.56 Å². The van der Waals surface area contributed by atoms with Crippen LogP contribution in [-0.2, 0) is 14.3 Å². The summed E-state index contributed by atoms with van der Waals surface area (Å²) >= 11 is 0. The Labute approximate surface area is 176 Å². The van der Waals surface area contributed by atoms with E-state index < -0.39 is 41.7 Å². The van der Waals surface area contributed by atoms with Gasteiger partial charge in [-0.2, -0.15) is 4.39 Å². The molecule has 31 heavy (non-hydrogen) atoms. The molecule has 0 spiro atoms. The van der Waals surface area contributed by atoms with E-state index in [4.69, 9.17) is 9.47 Å². The molecule has 0 fully saturated rings. The molecule has 0 aliphatic rings. The van der Waals surface area contributed by atoms with Gasteiger partial charge in [-0.3, -0.25) is 4.79 Å². The number of ether oxygens (including phenoxy) is 3. The van der Waals surface area contributed by atoms with E-state index >= 15 is 0 Å². The van der Waals surface area contributed by atoms with Crippen LogP contribution in [0.2, 0.25) is 0 Å². The molecule has 0 radical (unpaired) electrons. The van der Waals surface area contributed by atoms with Crippen molar-refractivity contribution in [1.82, 2.24) is 0 Å². The van der Waals surface area contributed by atoms with Gasteiger partial charge in [-0.1, -0.05) is 25.0 Å². The van der Waals surface area contributed by atoms with Crippen LogP contribution in [0, 0.1) is 23.5 Å². The third kappa shape index (κ3) is 6.65. The minimum Gasteiger partial charge on any atom is -0.454 e. The Morgan fingerprint density at radius 2 is 1.68 bits per heavy atom. The van der Waals surface area contributed by atoms with Crippen LogP contribution in [0.4, 0.5) is 8.78 Å². The minimum atomic E-state index is -1.48. The summed E-state index contributed by atoms with van der Waals surface area (Å²) in [5, 5.41) is 0. The van der Waals surface area contributed by atoms with E-state index in [1.807, 2.05) is 0 Å². The Morgan fingerprint density at radius 3 is 2.32 bits per heavy atom. The van der Waals surface area contributed by atoms with Crippen LogP contribution < -0.4 is 9.47 Å². The van der Waals surface area contributed by atoms with Crippen molar-refractivity contribution >= 4 is 17.7 Å². The van der Waals surface area contributed by atoms with Crippen molar-refractivity contribution in [1.29, 1.82) is 0 Å². The maximum Gasteiger partial charge on any atom is 0.346 e. The van der Waals surface area contributed by atoms with Crippen LogP contribution in [0.3, 0.4) is 0 Å². The zero-order valence-electron chi connectivity index (χ0n) is 16.2. The van der Waals surface area contributed by atoms with Gasteiger partial charge in [0.05, 0.1) is 12.0 Å². The highest BCUT2D eigenvalue weighted by Crippen LogP contribution is 2.24. The molecule has 2 rings (SSSR count). The fourth-order valence-electron chi connectivity index (χ4n) is 2.08. The van der Waals surface area contributed by atoms with E-state index in [9.17, 15) is 23.2 Å². The molecule has 0 unspecified atom stereocenters. The van der Waals surface area contributed by atoms with Gasteiger partial charge in [0.25, 0.3) is 0 Å². The predicted molar refractivity (Wildman–Crippen MR) is 106 cm³/mol. The number of carbonyl (C=O) groups is 3. The lowest BCUT2D eigenvalue weighted by Crippen LogP contribution is -2.13. The van der Waals surface area contributed by atoms with Gasteiger partial charge in [-0.05, 0) is 42.5 Å². The second kappa shape index (κ2) is 11.1. The average Bonchev–Trinajstić information content (AvgIpc) is 2.77. The Morgan fingerprint density at radius 1 is 0.968 bits per heavy atom. The molecule has 0 aromatic heterocycles. The fraction of sp³-hybridized carbons (Fsp3) is 0.0870. The Bertz CT molecular complexity index is 1080. The maximum absolute atomic E-state index is 14.2. The van der Waals surface area contributed by atoms with Crippen molar-refractivity contribution in [2.75, 3.05) is 6.79 Å². The van der Waals surface area contributed by atoms with E-state index in [1.54, 1.807) is 0 Å². The molecule has 8 heteroatoms. The van der Waals surface area contributed by atoms with Crippen molar-refractivity contribution in [3.8, 4) is 23.3 Å². The largest absolute Gasteiger partial charge is 0.454 e. The maximum atomic E-state index is 14.2. The highest BCUT2D eigenvalue weighted by atomic mass is 19.2. The summed E-state index contributed by atoms with van der Waals surface area (Å²) in [7, 11) is 0. The number of rotatable bonds is 8. The number of halogens is 2. The van der Waals surface area contributed by atoms with Crippen LogP contribution in [0.1, 0.15) is 22.3 Å². The lowest BCUT2D eigenvalue weighted by atomic mass is 10.2. The lowest BCUT2D eigenvalue weighted by molar-refractivity contribution is -0.144. The molecule has 158 valence electrons. The van der Waals surface area contributed by atoms with Gasteiger partial charge < -0.3 is 14.2 Å². The van der Waals surface area contributed by atoms with Crippen LogP contribution >= 0.6 is 0 Å². The van der Waals surface area contributed by atoms with E-state index in [0.717, 1.165) is 18.2 Å². The summed E-state index contributed by atoms with van der Waals surface area (Å²) in [6.45, 7) is 5.85. The molecule has 6 nitrogen and oxygen atoms in total. The minimum absolute atomic E-state index is 0.0292. The molecule has 0 aliphatic carbocycles. The van der Waals surface area contributed by atoms with Crippen molar-refractivity contribution in [2.24, 2.45) is 0 Å². The topological polar surface area (TPSA) is 78.9 Å². The van der Waals surface area contributed by atoms with Crippen molar-refractivity contribution < 1.29 is 37.4 Å². The normalized spacial score (nSPS) is 9.61. The number of benzene rings is 2. The zero-order chi connectivity index (χ0) is 22.8. The monoisotopic (exact) mass is 426 g/mol. The van der Waals surface area contributed by atoms with Crippen LogP contribution in [-0.4, -0.2) is 24.5 Å². The van der Waals surface area contributed by atoms with E-state index in [1.165, 1.54) is 30.3 Å². The molecule has 0 saturated carbocycles. The second-order valence-corrected chi connectivity index (χ2v) is 5.73. The van der Waals surface area contributed by atoms with Gasteiger partial charge in [0.15, 0.2) is 17.3 Å². The van der Waals surface area contributed by atoms with Gasteiger partial charge in [0, 0.05) is 11.6 Å². The molecule has 2 aromatic rings. The molecule has 0 saturated heterocycles. The summed E-state index contributed by atoms with van der Waals surface area (Å²) in [6, 6.07) is 7.87. The van der Waals surface area contributed by atoms with E-state index in [-0.39, 0.29) is 18.0 Å².